The first-order valence-corrected chi connectivity index (χ1v) is 6.94. The van der Waals surface area contributed by atoms with Gasteiger partial charge in [0.25, 0.3) is 0 Å². The molecule has 2 aromatic rings. The van der Waals surface area contributed by atoms with Crippen molar-refractivity contribution in [3.63, 3.8) is 0 Å². The van der Waals surface area contributed by atoms with Crippen molar-refractivity contribution in [2.75, 3.05) is 20.2 Å². The minimum Gasteiger partial charge on any atom is -0.492 e. The van der Waals surface area contributed by atoms with Crippen molar-refractivity contribution < 1.29 is 4.74 Å². The van der Waals surface area contributed by atoms with E-state index in [0.29, 0.717) is 13.0 Å². The second kappa shape index (κ2) is 8.03. The fourth-order valence-electron chi connectivity index (χ4n) is 2.00. The van der Waals surface area contributed by atoms with Gasteiger partial charge in [-0.25, -0.2) is 0 Å². The van der Waals surface area contributed by atoms with Crippen LogP contribution in [-0.4, -0.2) is 30.1 Å². The third-order valence-corrected chi connectivity index (χ3v) is 3.12. The fraction of sp³-hybridized carbons (Fsp3) is 0.294. The SMILES string of the molecule is CN(CCOc1ccc(CC#N)cc1)Cc1cccnc1. The molecule has 108 valence electrons. The minimum absolute atomic E-state index is 0.439. The summed E-state index contributed by atoms with van der Waals surface area (Å²) in [6.07, 6.45) is 4.10. The summed E-state index contributed by atoms with van der Waals surface area (Å²) >= 11 is 0. The molecule has 0 aliphatic carbocycles. The molecule has 0 radical (unpaired) electrons. The van der Waals surface area contributed by atoms with Gasteiger partial charge < -0.3 is 4.74 Å². The Morgan fingerprint density at radius 3 is 2.67 bits per heavy atom. The molecule has 0 atom stereocenters. The summed E-state index contributed by atoms with van der Waals surface area (Å²) in [5, 5.41) is 8.62. The molecular weight excluding hydrogens is 262 g/mol. The van der Waals surface area contributed by atoms with Gasteiger partial charge in [0.05, 0.1) is 12.5 Å². The van der Waals surface area contributed by atoms with Crippen molar-refractivity contribution in [2.45, 2.75) is 13.0 Å². The Bertz CT molecular complexity index is 575. The van der Waals surface area contributed by atoms with E-state index in [4.69, 9.17) is 10.00 Å². The number of aromatic nitrogens is 1. The van der Waals surface area contributed by atoms with Gasteiger partial charge in [-0.2, -0.15) is 5.26 Å². The van der Waals surface area contributed by atoms with Gasteiger partial charge in [-0.15, -0.1) is 0 Å². The Hall–Kier alpha value is -2.38. The number of ether oxygens (including phenoxy) is 1. The van der Waals surface area contributed by atoms with Gasteiger partial charge in [0.2, 0.25) is 0 Å². The largest absolute Gasteiger partial charge is 0.492 e. The normalized spacial score (nSPS) is 10.3. The van der Waals surface area contributed by atoms with E-state index in [-0.39, 0.29) is 0 Å². The Morgan fingerprint density at radius 1 is 1.19 bits per heavy atom. The summed E-state index contributed by atoms with van der Waals surface area (Å²) in [6, 6.07) is 13.8. The zero-order valence-electron chi connectivity index (χ0n) is 12.2. The van der Waals surface area contributed by atoms with Gasteiger partial charge >= 0.3 is 0 Å². The monoisotopic (exact) mass is 281 g/mol. The summed E-state index contributed by atoms with van der Waals surface area (Å²) in [7, 11) is 2.06. The fourth-order valence-corrected chi connectivity index (χ4v) is 2.00. The lowest BCUT2D eigenvalue weighted by molar-refractivity contribution is 0.232. The lowest BCUT2D eigenvalue weighted by Crippen LogP contribution is -2.23. The molecule has 1 aromatic carbocycles. The third kappa shape index (κ3) is 5.25. The van der Waals surface area contributed by atoms with Crippen molar-refractivity contribution >= 4 is 0 Å². The number of nitrogens with zero attached hydrogens (tertiary/aromatic N) is 3. The maximum absolute atomic E-state index is 8.62. The predicted octanol–water partition coefficient (Wildman–Crippen LogP) is 2.66. The van der Waals surface area contributed by atoms with E-state index in [2.05, 4.69) is 29.1 Å². The van der Waals surface area contributed by atoms with Crippen molar-refractivity contribution in [1.82, 2.24) is 9.88 Å². The maximum Gasteiger partial charge on any atom is 0.119 e. The van der Waals surface area contributed by atoms with Crippen LogP contribution in [0.25, 0.3) is 0 Å². The van der Waals surface area contributed by atoms with E-state index >= 15 is 0 Å². The second-order valence-electron chi connectivity index (χ2n) is 4.93. The highest BCUT2D eigenvalue weighted by atomic mass is 16.5. The van der Waals surface area contributed by atoms with Gasteiger partial charge in [0.15, 0.2) is 0 Å². The molecule has 0 aliphatic heterocycles. The van der Waals surface area contributed by atoms with Gasteiger partial charge in [0.1, 0.15) is 12.4 Å². The zero-order valence-corrected chi connectivity index (χ0v) is 12.2. The molecule has 0 N–H and O–H groups in total. The van der Waals surface area contributed by atoms with E-state index in [1.165, 1.54) is 5.56 Å². The molecular formula is C17H19N3O. The average Bonchev–Trinajstić information content (AvgIpc) is 2.50. The Labute approximate surface area is 125 Å². The molecule has 0 spiro atoms. The highest BCUT2D eigenvalue weighted by molar-refractivity contribution is 5.28. The predicted molar refractivity (Wildman–Crippen MR) is 81.8 cm³/mol. The number of pyridine rings is 1. The summed E-state index contributed by atoms with van der Waals surface area (Å²) in [4.78, 5) is 6.30. The van der Waals surface area contributed by atoms with Crippen LogP contribution in [-0.2, 0) is 13.0 Å². The number of hydrogen-bond donors (Lipinski definition) is 0. The van der Waals surface area contributed by atoms with E-state index in [1.54, 1.807) is 6.20 Å². The smallest absolute Gasteiger partial charge is 0.119 e. The number of nitriles is 1. The molecule has 0 amide bonds. The quantitative estimate of drug-likeness (QED) is 0.783. The molecule has 0 saturated heterocycles. The molecule has 0 fully saturated rings. The second-order valence-corrected chi connectivity index (χ2v) is 4.93. The van der Waals surface area contributed by atoms with E-state index < -0.39 is 0 Å². The number of benzene rings is 1. The molecule has 1 aromatic heterocycles. The molecule has 0 saturated carbocycles. The lowest BCUT2D eigenvalue weighted by Gasteiger charge is -2.16. The molecule has 0 unspecified atom stereocenters. The molecule has 1 heterocycles. The number of rotatable bonds is 7. The first-order valence-electron chi connectivity index (χ1n) is 6.94. The molecule has 4 nitrogen and oxygen atoms in total. The molecule has 0 aliphatic rings. The van der Waals surface area contributed by atoms with Crippen molar-refractivity contribution in [2.24, 2.45) is 0 Å². The number of hydrogen-bond acceptors (Lipinski definition) is 4. The highest BCUT2D eigenvalue weighted by Crippen LogP contribution is 2.12. The van der Waals surface area contributed by atoms with Gasteiger partial charge in [-0.1, -0.05) is 18.2 Å². The summed E-state index contributed by atoms with van der Waals surface area (Å²) in [6.45, 7) is 2.33. The Morgan fingerprint density at radius 2 is 2.00 bits per heavy atom. The standard InChI is InChI=1S/C17H19N3O/c1-20(14-16-3-2-10-19-13-16)11-12-21-17-6-4-15(5-7-17)8-9-18/h2-7,10,13H,8,11-12,14H2,1H3. The minimum atomic E-state index is 0.439. The first kappa shape index (κ1) is 15.0. The van der Waals surface area contributed by atoms with Crippen molar-refractivity contribution in [1.29, 1.82) is 5.26 Å². The van der Waals surface area contributed by atoms with Crippen LogP contribution in [0.5, 0.6) is 5.75 Å². The van der Waals surface area contributed by atoms with Crippen LogP contribution in [0.2, 0.25) is 0 Å². The summed E-state index contributed by atoms with van der Waals surface area (Å²) in [5.41, 5.74) is 2.21. The van der Waals surface area contributed by atoms with Crippen LogP contribution in [0, 0.1) is 11.3 Å². The maximum atomic E-state index is 8.62. The van der Waals surface area contributed by atoms with E-state index in [0.717, 1.165) is 24.4 Å². The first-order chi connectivity index (χ1) is 10.3. The van der Waals surface area contributed by atoms with Crippen molar-refractivity contribution in [3.05, 3.63) is 59.9 Å². The number of likely N-dealkylation sites (N-methyl/N-ethyl adjacent to an activating group) is 1. The summed E-state index contributed by atoms with van der Waals surface area (Å²) < 4.78 is 5.71. The van der Waals surface area contributed by atoms with Crippen LogP contribution >= 0.6 is 0 Å². The van der Waals surface area contributed by atoms with E-state index in [1.807, 2.05) is 36.5 Å². The van der Waals surface area contributed by atoms with Crippen molar-refractivity contribution in [3.8, 4) is 11.8 Å². The van der Waals surface area contributed by atoms with Crippen LogP contribution < -0.4 is 4.74 Å². The Kier molecular flexibility index (Phi) is 5.74. The topological polar surface area (TPSA) is 49.1 Å². The van der Waals surface area contributed by atoms with Gasteiger partial charge in [-0.3, -0.25) is 9.88 Å². The zero-order chi connectivity index (χ0) is 14.9. The van der Waals surface area contributed by atoms with Crippen LogP contribution in [0.4, 0.5) is 0 Å². The lowest BCUT2D eigenvalue weighted by atomic mass is 10.2. The van der Waals surface area contributed by atoms with Crippen LogP contribution in [0.1, 0.15) is 11.1 Å². The highest BCUT2D eigenvalue weighted by Gasteiger charge is 2.01. The van der Waals surface area contributed by atoms with Crippen LogP contribution in [0.3, 0.4) is 0 Å². The van der Waals surface area contributed by atoms with Crippen LogP contribution in [0.15, 0.2) is 48.8 Å². The summed E-state index contributed by atoms with van der Waals surface area (Å²) in [5.74, 6) is 0.839. The Balaban J connectivity index is 1.72. The third-order valence-electron chi connectivity index (χ3n) is 3.12. The molecule has 4 heteroatoms. The molecule has 2 rings (SSSR count). The van der Waals surface area contributed by atoms with Gasteiger partial charge in [-0.05, 0) is 36.4 Å². The van der Waals surface area contributed by atoms with E-state index in [9.17, 15) is 0 Å². The average molecular weight is 281 g/mol. The van der Waals surface area contributed by atoms with Gasteiger partial charge in [0, 0.05) is 25.5 Å². The molecule has 21 heavy (non-hydrogen) atoms. The molecule has 0 bridgehead atoms.